The summed E-state index contributed by atoms with van der Waals surface area (Å²) in [4.78, 5) is 23.1. The Morgan fingerprint density at radius 1 is 0.568 bits per heavy atom. The number of ether oxygens (including phenoxy) is 6. The summed E-state index contributed by atoms with van der Waals surface area (Å²) in [6.07, 6.45) is 9.11. The molecule has 4 fully saturated rings. The van der Waals surface area contributed by atoms with Gasteiger partial charge in [-0.15, -0.1) is 0 Å². The number of benzene rings is 4. The maximum Gasteiger partial charge on any atom is 0.330 e. The van der Waals surface area contributed by atoms with Crippen LogP contribution in [0.5, 0.6) is 0 Å². The second-order valence-electron chi connectivity index (χ2n) is 22.5. The topological polar surface area (TPSA) is 148 Å². The third-order valence-corrected chi connectivity index (χ3v) is 25.8. The molecular formula is C60H82O12Si2. The number of carbonyl (C=O) groups is 2. The van der Waals surface area contributed by atoms with Crippen LogP contribution in [0.1, 0.15) is 106 Å². The van der Waals surface area contributed by atoms with Gasteiger partial charge in [0.2, 0.25) is 0 Å². The molecule has 4 aliphatic heterocycles. The van der Waals surface area contributed by atoms with Gasteiger partial charge in [-0.3, -0.25) is 4.79 Å². The first-order valence-electron chi connectivity index (χ1n) is 26.7. The van der Waals surface area contributed by atoms with Crippen molar-refractivity contribution in [3.05, 3.63) is 133 Å². The van der Waals surface area contributed by atoms with Crippen molar-refractivity contribution in [3.63, 3.8) is 0 Å². The number of rotatable bonds is 19. The van der Waals surface area contributed by atoms with Crippen LogP contribution in [-0.4, -0.2) is 127 Å². The lowest BCUT2D eigenvalue weighted by Gasteiger charge is -2.44. The third kappa shape index (κ3) is 12.7. The molecule has 74 heavy (non-hydrogen) atoms. The molecule has 12 nitrogen and oxygen atoms in total. The van der Waals surface area contributed by atoms with Crippen LogP contribution < -0.4 is 20.7 Å². The number of carbonyl (C=O) groups excluding carboxylic acids is 2. The third-order valence-electron chi connectivity index (χ3n) is 15.7. The molecule has 4 saturated heterocycles. The number of fused-ring (bicyclic) bond motifs is 2. The molecular weight excluding hydrogens is 969 g/mol. The van der Waals surface area contributed by atoms with E-state index in [1.165, 1.54) is 41.0 Å². The molecule has 0 amide bonds. The number of esters is 2. The predicted molar refractivity (Wildman–Crippen MR) is 293 cm³/mol. The van der Waals surface area contributed by atoms with Gasteiger partial charge in [-0.2, -0.15) is 0 Å². The smallest absolute Gasteiger partial charge is 0.330 e. The minimum Gasteiger partial charge on any atom is -0.469 e. The largest absolute Gasteiger partial charge is 0.469 e. The first-order chi connectivity index (χ1) is 35.5. The van der Waals surface area contributed by atoms with Crippen molar-refractivity contribution in [3.8, 4) is 0 Å². The highest BCUT2D eigenvalue weighted by Gasteiger charge is 2.55. The van der Waals surface area contributed by atoms with Crippen molar-refractivity contribution in [1.82, 2.24) is 0 Å². The van der Waals surface area contributed by atoms with Gasteiger partial charge in [0.05, 0.1) is 64.1 Å². The molecule has 2 N–H and O–H groups in total. The SMILES string of the molecule is COC(=O)/C=C/[C@H]1C[C@]2(CO)O[C@@H](CCO[Si](c3ccccc3)(c3ccccc3)C(C)(C)C)CC[C@@H]2O1.COC(=O)CC[C@H]1C[C@]2(CO)O[C@@H](CCO[Si](c3ccccc3)(c3ccccc3)C(C)(C)C)CC[C@@H]2O1. The van der Waals surface area contributed by atoms with Crippen LogP contribution >= 0.6 is 0 Å². The molecule has 4 aromatic rings. The predicted octanol–water partition coefficient (Wildman–Crippen LogP) is 7.72. The number of hydrogen-bond acceptors (Lipinski definition) is 12. The van der Waals surface area contributed by atoms with E-state index in [4.69, 9.17) is 32.5 Å². The highest BCUT2D eigenvalue weighted by Crippen LogP contribution is 2.45. The van der Waals surface area contributed by atoms with E-state index in [0.29, 0.717) is 38.9 Å². The number of hydrogen-bond donors (Lipinski definition) is 2. The van der Waals surface area contributed by atoms with E-state index in [1.807, 2.05) is 12.1 Å². The van der Waals surface area contributed by atoms with Crippen molar-refractivity contribution in [1.29, 1.82) is 0 Å². The van der Waals surface area contributed by atoms with Crippen molar-refractivity contribution >= 4 is 49.3 Å². The summed E-state index contributed by atoms with van der Waals surface area (Å²) in [5, 5.41) is 25.6. The van der Waals surface area contributed by atoms with Crippen molar-refractivity contribution < 1.29 is 57.1 Å². The van der Waals surface area contributed by atoms with Crippen LogP contribution in [0, 0.1) is 0 Å². The fourth-order valence-electron chi connectivity index (χ4n) is 12.1. The van der Waals surface area contributed by atoms with Crippen molar-refractivity contribution in [2.24, 2.45) is 0 Å². The molecule has 8 atom stereocenters. The van der Waals surface area contributed by atoms with Gasteiger partial charge < -0.3 is 47.5 Å². The Hall–Kier alpha value is -4.33. The average Bonchev–Trinajstić information content (AvgIpc) is 3.98. The molecule has 0 bridgehead atoms. The highest BCUT2D eigenvalue weighted by molar-refractivity contribution is 7.00. The van der Waals surface area contributed by atoms with E-state index >= 15 is 0 Å². The maximum absolute atomic E-state index is 11.6. The fraction of sp³-hybridized carbons (Fsp3) is 0.533. The van der Waals surface area contributed by atoms with Crippen LogP contribution in [0.25, 0.3) is 0 Å². The van der Waals surface area contributed by atoms with Gasteiger partial charge in [0, 0.05) is 38.6 Å². The van der Waals surface area contributed by atoms with Gasteiger partial charge in [0.1, 0.15) is 11.2 Å². The summed E-state index contributed by atoms with van der Waals surface area (Å²) in [6, 6.07) is 42.6. The van der Waals surface area contributed by atoms with Crippen LogP contribution in [0.15, 0.2) is 133 Å². The van der Waals surface area contributed by atoms with E-state index in [0.717, 1.165) is 38.5 Å². The second-order valence-corrected chi connectivity index (χ2v) is 31.1. The average molecular weight is 1050 g/mol. The van der Waals surface area contributed by atoms with E-state index in [2.05, 4.69) is 155 Å². The zero-order chi connectivity index (χ0) is 53.0. The van der Waals surface area contributed by atoms with Gasteiger partial charge in [-0.1, -0.05) is 163 Å². The summed E-state index contributed by atoms with van der Waals surface area (Å²) in [6.45, 7) is 14.6. The van der Waals surface area contributed by atoms with Crippen molar-refractivity contribution in [2.45, 2.75) is 164 Å². The lowest BCUT2D eigenvalue weighted by molar-refractivity contribution is -0.185. The Morgan fingerprint density at radius 2 is 0.973 bits per heavy atom. The number of aliphatic hydroxyl groups excluding tert-OH is 2. The van der Waals surface area contributed by atoms with Gasteiger partial charge in [0.15, 0.2) is 0 Å². The lowest BCUT2D eigenvalue weighted by atomic mass is 9.86. The zero-order valence-electron chi connectivity index (χ0n) is 45.0. The van der Waals surface area contributed by atoms with Crippen LogP contribution in [0.2, 0.25) is 10.1 Å². The first-order valence-corrected chi connectivity index (χ1v) is 30.5. The maximum atomic E-state index is 11.6. The van der Waals surface area contributed by atoms with Gasteiger partial charge in [-0.05, 0) is 81.8 Å². The van der Waals surface area contributed by atoms with Crippen LogP contribution in [0.4, 0.5) is 0 Å². The molecule has 0 saturated carbocycles. The van der Waals surface area contributed by atoms with E-state index in [1.54, 1.807) is 6.08 Å². The molecule has 4 heterocycles. The monoisotopic (exact) mass is 1050 g/mol. The molecule has 402 valence electrons. The van der Waals surface area contributed by atoms with Crippen LogP contribution in [0.3, 0.4) is 0 Å². The molecule has 0 radical (unpaired) electrons. The van der Waals surface area contributed by atoms with E-state index in [-0.39, 0.29) is 65.9 Å². The normalized spacial score (nSPS) is 26.1. The summed E-state index contributed by atoms with van der Waals surface area (Å²) < 4.78 is 49.0. The molecule has 0 unspecified atom stereocenters. The Labute approximate surface area is 442 Å². The summed E-state index contributed by atoms with van der Waals surface area (Å²) >= 11 is 0. The minimum atomic E-state index is -2.61. The second kappa shape index (κ2) is 25.2. The van der Waals surface area contributed by atoms with E-state index in [9.17, 15) is 19.8 Å². The molecule has 4 aliphatic rings. The molecule has 0 spiro atoms. The quantitative estimate of drug-likeness (QED) is 0.0538. The zero-order valence-corrected chi connectivity index (χ0v) is 47.0. The van der Waals surface area contributed by atoms with Gasteiger partial charge in [-0.25, -0.2) is 4.79 Å². The summed E-state index contributed by atoms with van der Waals surface area (Å²) in [5.41, 5.74) is -1.47. The lowest BCUT2D eigenvalue weighted by Crippen LogP contribution is -2.66. The molecule has 14 heteroatoms. The molecule has 8 rings (SSSR count). The molecule has 0 aromatic heterocycles. The van der Waals surface area contributed by atoms with Crippen LogP contribution in [-0.2, 0) is 46.9 Å². The van der Waals surface area contributed by atoms with Crippen molar-refractivity contribution in [2.75, 3.05) is 40.6 Å². The molecule has 4 aromatic carbocycles. The number of aliphatic hydroxyl groups is 2. The molecule has 0 aliphatic carbocycles. The summed E-state index contributed by atoms with van der Waals surface area (Å²) in [7, 11) is -2.46. The Kier molecular flexibility index (Phi) is 19.6. The highest BCUT2D eigenvalue weighted by atomic mass is 28.4. The van der Waals surface area contributed by atoms with E-state index < -0.39 is 33.8 Å². The Bertz CT molecular complexity index is 2320. The number of methoxy groups -OCH3 is 2. The minimum absolute atomic E-state index is 0.00966. The fourth-order valence-corrected chi connectivity index (χ4v) is 21.2. The van der Waals surface area contributed by atoms with Gasteiger partial charge in [0.25, 0.3) is 16.6 Å². The standard InChI is InChI=1S/C30H42O6Si.C30H40O6Si/c2*1-29(2,3)37(25-11-7-5-8-12-25,26-13-9-6-10-14-26)34-20-19-23-15-17-27-30(22-31,36-23)21-24(35-27)16-18-28(32)33-4/h5-14,23-24,27,31H,15-22H2,1-4H3;5-14,16,18,23-24,27,31H,15,17,19-22H2,1-4H3/b;18-16+/t2*23-,24+,27+,30-/m11/s1. The first kappa shape index (κ1) is 57.4. The Balaban J connectivity index is 0.000000216. The Morgan fingerprint density at radius 3 is 1.35 bits per heavy atom. The van der Waals surface area contributed by atoms with Gasteiger partial charge >= 0.3 is 11.9 Å². The summed E-state index contributed by atoms with van der Waals surface area (Å²) in [5.74, 6) is -0.661.